The van der Waals surface area contributed by atoms with E-state index in [-0.39, 0.29) is 5.91 Å². The summed E-state index contributed by atoms with van der Waals surface area (Å²) in [6.07, 6.45) is 1.84. The van der Waals surface area contributed by atoms with E-state index in [9.17, 15) is 4.79 Å². The highest BCUT2D eigenvalue weighted by Gasteiger charge is 2.20. The van der Waals surface area contributed by atoms with Crippen molar-refractivity contribution in [2.45, 2.75) is 0 Å². The second-order valence-electron chi connectivity index (χ2n) is 6.54. The summed E-state index contributed by atoms with van der Waals surface area (Å²) in [5.74, 6) is 0.0288. The standard InChI is InChI=1S/C21H22N4OS/c26-20(16-24-11-13-25(14-12-24)21-22-10-15-27-21)23-19-9-5-4-8-18(19)17-6-2-1-3-7-17/h1-10,15H,11-14,16H2,(H,23,26). The molecule has 1 aliphatic heterocycles. The zero-order valence-electron chi connectivity index (χ0n) is 15.0. The summed E-state index contributed by atoms with van der Waals surface area (Å²) in [6.45, 7) is 3.96. The second kappa shape index (κ2) is 8.33. The number of para-hydroxylation sites is 1. The SMILES string of the molecule is O=C(CN1CCN(c2nccs2)CC1)Nc1ccccc1-c1ccccc1. The first-order valence-electron chi connectivity index (χ1n) is 9.11. The lowest BCUT2D eigenvalue weighted by Gasteiger charge is -2.34. The molecule has 3 aromatic rings. The molecule has 1 saturated heterocycles. The van der Waals surface area contributed by atoms with E-state index in [4.69, 9.17) is 0 Å². The van der Waals surface area contributed by atoms with Crippen LogP contribution in [0.2, 0.25) is 0 Å². The Morgan fingerprint density at radius 2 is 1.74 bits per heavy atom. The number of anilines is 2. The Morgan fingerprint density at radius 1 is 1.00 bits per heavy atom. The van der Waals surface area contributed by atoms with Crippen molar-refractivity contribution in [1.82, 2.24) is 9.88 Å². The van der Waals surface area contributed by atoms with E-state index in [0.29, 0.717) is 6.54 Å². The number of nitrogens with zero attached hydrogens (tertiary/aromatic N) is 3. The fourth-order valence-corrected chi connectivity index (χ4v) is 4.02. The number of nitrogens with one attached hydrogen (secondary N) is 1. The average Bonchev–Trinajstić information content (AvgIpc) is 3.24. The molecule has 0 atom stereocenters. The normalized spacial score (nSPS) is 14.9. The van der Waals surface area contributed by atoms with Gasteiger partial charge in [0.25, 0.3) is 0 Å². The molecule has 1 amide bonds. The summed E-state index contributed by atoms with van der Waals surface area (Å²) < 4.78 is 0. The molecule has 0 saturated carbocycles. The van der Waals surface area contributed by atoms with E-state index in [0.717, 1.165) is 48.1 Å². The number of benzene rings is 2. The lowest BCUT2D eigenvalue weighted by atomic mass is 10.0. The third-order valence-electron chi connectivity index (χ3n) is 4.72. The highest BCUT2D eigenvalue weighted by Crippen LogP contribution is 2.27. The maximum Gasteiger partial charge on any atom is 0.238 e. The minimum Gasteiger partial charge on any atom is -0.346 e. The van der Waals surface area contributed by atoms with E-state index in [1.807, 2.05) is 54.0 Å². The van der Waals surface area contributed by atoms with Crippen molar-refractivity contribution in [3.63, 3.8) is 0 Å². The van der Waals surface area contributed by atoms with Gasteiger partial charge >= 0.3 is 0 Å². The fourth-order valence-electron chi connectivity index (χ4n) is 3.32. The molecule has 138 valence electrons. The van der Waals surface area contributed by atoms with E-state index in [1.165, 1.54) is 0 Å². The molecule has 0 bridgehead atoms. The summed E-state index contributed by atoms with van der Waals surface area (Å²) in [5, 5.41) is 6.16. The van der Waals surface area contributed by atoms with E-state index in [2.05, 4.69) is 32.2 Å². The first kappa shape index (κ1) is 17.7. The molecule has 1 fully saturated rings. The number of piperazine rings is 1. The number of amides is 1. The van der Waals surface area contributed by atoms with Gasteiger partial charge in [-0.3, -0.25) is 9.69 Å². The lowest BCUT2D eigenvalue weighted by molar-refractivity contribution is -0.117. The summed E-state index contributed by atoms with van der Waals surface area (Å²) in [4.78, 5) is 21.4. The highest BCUT2D eigenvalue weighted by atomic mass is 32.1. The number of hydrogen-bond donors (Lipinski definition) is 1. The van der Waals surface area contributed by atoms with Crippen molar-refractivity contribution in [3.05, 3.63) is 66.2 Å². The summed E-state index contributed by atoms with van der Waals surface area (Å²) in [5.41, 5.74) is 3.00. The van der Waals surface area contributed by atoms with Crippen molar-refractivity contribution in [1.29, 1.82) is 0 Å². The maximum absolute atomic E-state index is 12.6. The third-order valence-corrected chi connectivity index (χ3v) is 5.55. The molecule has 0 aliphatic carbocycles. The van der Waals surface area contributed by atoms with Gasteiger partial charge in [-0.25, -0.2) is 4.98 Å². The Kier molecular flexibility index (Phi) is 5.46. The minimum absolute atomic E-state index is 0.0288. The molecule has 1 aromatic heterocycles. The van der Waals surface area contributed by atoms with Crippen molar-refractivity contribution >= 4 is 28.1 Å². The predicted octanol–water partition coefficient (Wildman–Crippen LogP) is 3.57. The smallest absolute Gasteiger partial charge is 0.238 e. The van der Waals surface area contributed by atoms with Crippen LogP contribution in [-0.2, 0) is 4.79 Å². The lowest BCUT2D eigenvalue weighted by Crippen LogP contribution is -2.48. The van der Waals surface area contributed by atoms with Gasteiger partial charge in [0.1, 0.15) is 0 Å². The van der Waals surface area contributed by atoms with E-state index < -0.39 is 0 Å². The number of rotatable bonds is 5. The summed E-state index contributed by atoms with van der Waals surface area (Å²) in [6, 6.07) is 18.1. The molecule has 6 heteroatoms. The molecule has 1 N–H and O–H groups in total. The van der Waals surface area contributed by atoms with Crippen molar-refractivity contribution in [2.24, 2.45) is 0 Å². The van der Waals surface area contributed by atoms with Crippen molar-refractivity contribution < 1.29 is 4.79 Å². The topological polar surface area (TPSA) is 48.5 Å². The van der Waals surface area contributed by atoms with Gasteiger partial charge in [0.05, 0.1) is 6.54 Å². The molecular formula is C21H22N4OS. The van der Waals surface area contributed by atoms with Crippen molar-refractivity contribution in [2.75, 3.05) is 42.9 Å². The Hall–Kier alpha value is -2.70. The van der Waals surface area contributed by atoms with Crippen LogP contribution in [0.3, 0.4) is 0 Å². The zero-order chi connectivity index (χ0) is 18.5. The zero-order valence-corrected chi connectivity index (χ0v) is 15.9. The molecule has 4 rings (SSSR count). The van der Waals surface area contributed by atoms with Gasteiger partial charge in [-0.05, 0) is 11.6 Å². The van der Waals surface area contributed by atoms with Crippen LogP contribution in [-0.4, -0.2) is 48.5 Å². The monoisotopic (exact) mass is 378 g/mol. The van der Waals surface area contributed by atoms with Crippen molar-refractivity contribution in [3.8, 4) is 11.1 Å². The Balaban J connectivity index is 1.36. The maximum atomic E-state index is 12.6. The molecule has 0 radical (unpaired) electrons. The molecule has 0 unspecified atom stereocenters. The number of carbonyl (C=O) groups is 1. The van der Waals surface area contributed by atoms with Gasteiger partial charge < -0.3 is 10.2 Å². The highest BCUT2D eigenvalue weighted by molar-refractivity contribution is 7.13. The van der Waals surface area contributed by atoms with E-state index in [1.54, 1.807) is 11.3 Å². The molecule has 1 aliphatic rings. The largest absolute Gasteiger partial charge is 0.346 e. The van der Waals surface area contributed by atoms with E-state index >= 15 is 0 Å². The van der Waals surface area contributed by atoms with Crippen LogP contribution >= 0.6 is 11.3 Å². The fraction of sp³-hybridized carbons (Fsp3) is 0.238. The number of carbonyl (C=O) groups excluding carboxylic acids is 1. The third kappa shape index (κ3) is 4.35. The Labute approximate surface area is 163 Å². The number of thiazole rings is 1. The van der Waals surface area contributed by atoms with Crippen LogP contribution < -0.4 is 10.2 Å². The number of aromatic nitrogens is 1. The second-order valence-corrected chi connectivity index (χ2v) is 7.41. The van der Waals surface area contributed by atoms with Crippen LogP contribution in [0.25, 0.3) is 11.1 Å². The van der Waals surface area contributed by atoms with Crippen LogP contribution in [0.4, 0.5) is 10.8 Å². The van der Waals surface area contributed by atoms with Gasteiger partial charge in [0.15, 0.2) is 5.13 Å². The first-order chi connectivity index (χ1) is 13.3. The minimum atomic E-state index is 0.0288. The van der Waals surface area contributed by atoms with Gasteiger partial charge in [0.2, 0.25) is 5.91 Å². The molecule has 27 heavy (non-hydrogen) atoms. The van der Waals surface area contributed by atoms with Crippen LogP contribution in [0.5, 0.6) is 0 Å². The molecule has 2 heterocycles. The molecule has 2 aromatic carbocycles. The first-order valence-corrected chi connectivity index (χ1v) is 9.99. The van der Waals surface area contributed by atoms with Crippen LogP contribution in [0, 0.1) is 0 Å². The summed E-state index contributed by atoms with van der Waals surface area (Å²) in [7, 11) is 0. The van der Waals surface area contributed by atoms with Gasteiger partial charge in [-0.1, -0.05) is 48.5 Å². The molecule has 5 nitrogen and oxygen atoms in total. The van der Waals surface area contributed by atoms with Gasteiger partial charge in [-0.15, -0.1) is 11.3 Å². The summed E-state index contributed by atoms with van der Waals surface area (Å²) >= 11 is 1.66. The molecule has 0 spiro atoms. The Morgan fingerprint density at radius 3 is 2.48 bits per heavy atom. The van der Waals surface area contributed by atoms with Gasteiger partial charge in [-0.2, -0.15) is 0 Å². The predicted molar refractivity (Wildman–Crippen MR) is 111 cm³/mol. The Bertz CT molecular complexity index is 874. The van der Waals surface area contributed by atoms with Gasteiger partial charge in [0, 0.05) is 49.0 Å². The quantitative estimate of drug-likeness (QED) is 0.737. The van der Waals surface area contributed by atoms with Crippen LogP contribution in [0.15, 0.2) is 66.2 Å². The average molecular weight is 379 g/mol. The number of hydrogen-bond acceptors (Lipinski definition) is 5. The van der Waals surface area contributed by atoms with Crippen LogP contribution in [0.1, 0.15) is 0 Å². The molecular weight excluding hydrogens is 356 g/mol.